The zero-order valence-electron chi connectivity index (χ0n) is 51.2. The van der Waals surface area contributed by atoms with E-state index in [1.54, 1.807) is 0 Å². The third-order valence-electron chi connectivity index (χ3n) is 18.3. The molecule has 2 heterocycles. The van der Waals surface area contributed by atoms with Gasteiger partial charge in [0.25, 0.3) is 0 Å². The Morgan fingerprint density at radius 1 is 0.361 bits per heavy atom. The Balaban J connectivity index is 1.16. The molecule has 83 heavy (non-hydrogen) atoms. The molecule has 0 amide bonds. The maximum absolute atomic E-state index is 2.71. The van der Waals surface area contributed by atoms with Gasteiger partial charge in [0.1, 0.15) is 0 Å². The zero-order valence-corrected chi connectivity index (χ0v) is 51.2. The Kier molecular flexibility index (Phi) is 12.6. The summed E-state index contributed by atoms with van der Waals surface area (Å²) >= 11 is 0. The molecule has 0 fully saturated rings. The van der Waals surface area contributed by atoms with Crippen LogP contribution in [0.4, 0.5) is 45.5 Å². The van der Waals surface area contributed by atoms with Gasteiger partial charge < -0.3 is 14.6 Å². The van der Waals surface area contributed by atoms with Crippen molar-refractivity contribution in [3.8, 4) is 44.5 Å². The largest absolute Gasteiger partial charge is 0.376 e. The molecular formula is C79H78BN3. The molecule has 2 aliphatic heterocycles. The molecule has 13 rings (SSSR count). The van der Waals surface area contributed by atoms with Gasteiger partial charge in [0.05, 0.1) is 5.69 Å². The predicted octanol–water partition coefficient (Wildman–Crippen LogP) is 20.7. The Morgan fingerprint density at radius 3 is 1.45 bits per heavy atom. The number of fused-ring (bicyclic) bond motifs is 8. The quantitative estimate of drug-likeness (QED) is 0.147. The molecule has 0 saturated carbocycles. The van der Waals surface area contributed by atoms with E-state index in [0.29, 0.717) is 0 Å². The SMILES string of the molecule is CC(C)(C)c1ccc(N2B3c4ccc5c(c4N(c4ccc(C(C)(C)C)cc4-c4ccccc4)c4cc(-c6ccccc6)cc(c43)-c3ccc(N(c4ccc(C(C)(C)C)cc4)c4ccc(C(C)(C)C)cc4)cc32)C(C)(C)c2ccccc2-5)cc1. The number of hydrogen-bond donors (Lipinski definition) is 0. The maximum Gasteiger partial charge on any atom is 0.333 e. The fraction of sp³-hybridized carbons (Fsp3) is 0.241. The molecule has 0 atom stereocenters. The van der Waals surface area contributed by atoms with Crippen LogP contribution in [0.3, 0.4) is 0 Å². The number of rotatable bonds is 7. The van der Waals surface area contributed by atoms with E-state index in [2.05, 4.69) is 330 Å². The van der Waals surface area contributed by atoms with Crippen molar-refractivity contribution in [1.82, 2.24) is 0 Å². The van der Waals surface area contributed by atoms with Crippen molar-refractivity contribution >= 4 is 63.3 Å². The minimum absolute atomic E-state index is 0.0143. The highest BCUT2D eigenvalue weighted by Crippen LogP contribution is 2.58. The standard InChI is InChI=1S/C79H78BN3/c1-75(2,3)54-29-36-58(37-30-54)81(59-38-31-55(32-39-59)76(4,5)6)61-42-43-63-66-47-53(51-23-17-15-18-24-51)48-71-73(66)80(83(70(63)50-61)60-40-33-56(34-41-60)77(7,8)9)68-45-44-64-62-27-21-22-28-67(62)79(13,14)72(64)74(68)82(71)69-46-35-57(78(10,11)12)49-65(69)52-25-19-16-20-26-52/h15-50H,1-14H3. The Morgan fingerprint density at radius 2 is 0.867 bits per heavy atom. The van der Waals surface area contributed by atoms with Crippen LogP contribution in [0.1, 0.15) is 130 Å². The molecule has 0 radical (unpaired) electrons. The summed E-state index contributed by atoms with van der Waals surface area (Å²) in [5.41, 5.74) is 29.3. The van der Waals surface area contributed by atoms with E-state index in [4.69, 9.17) is 0 Å². The molecule has 4 heteroatoms. The summed E-state index contributed by atoms with van der Waals surface area (Å²) in [6.07, 6.45) is 0. The normalized spacial score (nSPS) is 14.2. The van der Waals surface area contributed by atoms with E-state index in [9.17, 15) is 0 Å². The lowest BCUT2D eigenvalue weighted by molar-refractivity contribution is 0.590. The van der Waals surface area contributed by atoms with Gasteiger partial charge in [0.2, 0.25) is 0 Å². The van der Waals surface area contributed by atoms with Crippen LogP contribution in [0.25, 0.3) is 44.5 Å². The van der Waals surface area contributed by atoms with Crippen LogP contribution >= 0.6 is 0 Å². The summed E-state index contributed by atoms with van der Waals surface area (Å²) in [5, 5.41) is 0. The second-order valence-corrected chi connectivity index (χ2v) is 28.3. The lowest BCUT2D eigenvalue weighted by Crippen LogP contribution is -2.62. The van der Waals surface area contributed by atoms with Gasteiger partial charge in [-0.15, -0.1) is 0 Å². The molecule has 0 N–H and O–H groups in total. The van der Waals surface area contributed by atoms with Gasteiger partial charge in [-0.25, -0.2) is 0 Å². The smallest absolute Gasteiger partial charge is 0.333 e. The van der Waals surface area contributed by atoms with Gasteiger partial charge in [-0.3, -0.25) is 0 Å². The second kappa shape index (κ2) is 19.4. The summed E-state index contributed by atoms with van der Waals surface area (Å²) in [6, 6.07) is 84.0. The summed E-state index contributed by atoms with van der Waals surface area (Å²) in [5.74, 6) is 0. The van der Waals surface area contributed by atoms with Crippen molar-refractivity contribution in [2.45, 2.75) is 124 Å². The van der Waals surface area contributed by atoms with Gasteiger partial charge in [0.15, 0.2) is 0 Å². The van der Waals surface area contributed by atoms with Crippen LogP contribution in [-0.4, -0.2) is 6.85 Å². The molecule has 0 aromatic heterocycles. The van der Waals surface area contributed by atoms with Crippen molar-refractivity contribution in [2.24, 2.45) is 0 Å². The van der Waals surface area contributed by atoms with E-state index in [-0.39, 0.29) is 33.9 Å². The molecule has 3 nitrogen and oxygen atoms in total. The average molecular weight is 1080 g/mol. The summed E-state index contributed by atoms with van der Waals surface area (Å²) in [7, 11) is 0. The van der Waals surface area contributed by atoms with Crippen molar-refractivity contribution in [3.05, 3.63) is 252 Å². The molecule has 0 bridgehead atoms. The second-order valence-electron chi connectivity index (χ2n) is 28.3. The van der Waals surface area contributed by atoms with Crippen molar-refractivity contribution < 1.29 is 0 Å². The Bertz CT molecular complexity index is 4070. The summed E-state index contributed by atoms with van der Waals surface area (Å²) < 4.78 is 0. The van der Waals surface area contributed by atoms with Crippen LogP contribution in [0, 0.1) is 0 Å². The Labute approximate surface area is 495 Å². The molecule has 412 valence electrons. The monoisotopic (exact) mass is 1080 g/mol. The number of anilines is 8. The van der Waals surface area contributed by atoms with Crippen LogP contribution < -0.4 is 25.5 Å². The van der Waals surface area contributed by atoms with Crippen molar-refractivity contribution in [1.29, 1.82) is 0 Å². The predicted molar refractivity (Wildman–Crippen MR) is 358 cm³/mol. The zero-order chi connectivity index (χ0) is 58.1. The van der Waals surface area contributed by atoms with Gasteiger partial charge in [-0.05, 0) is 172 Å². The summed E-state index contributed by atoms with van der Waals surface area (Å²) in [4.78, 5) is 7.89. The van der Waals surface area contributed by atoms with Gasteiger partial charge in [0, 0.05) is 56.4 Å². The first-order valence-electron chi connectivity index (χ1n) is 30.0. The van der Waals surface area contributed by atoms with Crippen LogP contribution in [0.15, 0.2) is 218 Å². The number of hydrogen-bond acceptors (Lipinski definition) is 3. The van der Waals surface area contributed by atoms with Crippen LogP contribution in [0.2, 0.25) is 0 Å². The highest BCUT2D eigenvalue weighted by atomic mass is 15.2. The first kappa shape index (κ1) is 53.9. The lowest BCUT2D eigenvalue weighted by Gasteiger charge is -2.48. The molecule has 3 aliphatic rings. The van der Waals surface area contributed by atoms with E-state index in [1.807, 2.05) is 0 Å². The lowest BCUT2D eigenvalue weighted by atomic mass is 9.42. The molecule has 10 aromatic carbocycles. The highest BCUT2D eigenvalue weighted by molar-refractivity contribution is 6.93. The molecule has 0 unspecified atom stereocenters. The molecule has 10 aromatic rings. The number of benzene rings is 10. The van der Waals surface area contributed by atoms with Gasteiger partial charge in [-0.1, -0.05) is 243 Å². The first-order chi connectivity index (χ1) is 39.5. The van der Waals surface area contributed by atoms with E-state index < -0.39 is 0 Å². The maximum atomic E-state index is 2.71. The third kappa shape index (κ3) is 9.12. The summed E-state index contributed by atoms with van der Waals surface area (Å²) in [6.45, 7) is 32.4. The number of nitrogens with zero attached hydrogens (tertiary/aromatic N) is 3. The van der Waals surface area contributed by atoms with Crippen LogP contribution in [-0.2, 0) is 27.1 Å². The molecule has 0 saturated heterocycles. The van der Waals surface area contributed by atoms with Crippen molar-refractivity contribution in [3.63, 3.8) is 0 Å². The Hall–Kier alpha value is -8.34. The third-order valence-corrected chi connectivity index (χ3v) is 18.3. The van der Waals surface area contributed by atoms with Crippen LogP contribution in [0.5, 0.6) is 0 Å². The van der Waals surface area contributed by atoms with E-state index in [0.717, 1.165) is 22.7 Å². The fourth-order valence-electron chi connectivity index (χ4n) is 13.6. The molecule has 1 aliphatic carbocycles. The van der Waals surface area contributed by atoms with E-state index in [1.165, 1.54) is 112 Å². The highest BCUT2D eigenvalue weighted by Gasteiger charge is 2.50. The van der Waals surface area contributed by atoms with E-state index >= 15 is 0 Å². The molecule has 0 spiro atoms. The van der Waals surface area contributed by atoms with Gasteiger partial charge >= 0.3 is 6.85 Å². The average Bonchev–Trinajstić information content (AvgIpc) is 1.74. The minimum atomic E-state index is -0.338. The van der Waals surface area contributed by atoms with Crippen molar-refractivity contribution in [2.75, 3.05) is 14.6 Å². The fourth-order valence-corrected chi connectivity index (χ4v) is 13.6. The first-order valence-corrected chi connectivity index (χ1v) is 30.0. The minimum Gasteiger partial charge on any atom is -0.376 e. The van der Waals surface area contributed by atoms with Gasteiger partial charge in [-0.2, -0.15) is 0 Å². The molecular weight excluding hydrogens is 1000 g/mol. The topological polar surface area (TPSA) is 9.72 Å².